The molecule has 3 aromatic heterocycles. The Morgan fingerprint density at radius 1 is 1.11 bits per heavy atom. The largest absolute Gasteiger partial charge is 0.485 e. The van der Waals surface area contributed by atoms with Crippen molar-refractivity contribution in [1.29, 1.82) is 0 Å². The maximum Gasteiger partial charge on any atom is 0.182 e. The van der Waals surface area contributed by atoms with Gasteiger partial charge in [0.05, 0.1) is 40.6 Å². The molecule has 0 unspecified atom stereocenters. The first kappa shape index (κ1) is 26.2. The molecule has 198 valence electrons. The van der Waals surface area contributed by atoms with E-state index in [4.69, 9.17) is 25.8 Å². The molecule has 1 aliphatic rings. The Bertz CT molecular complexity index is 1470. The molecule has 1 saturated heterocycles. The molecule has 7 nitrogen and oxygen atoms in total. The minimum absolute atomic E-state index is 0.0396. The van der Waals surface area contributed by atoms with E-state index in [1.807, 2.05) is 13.8 Å². The van der Waals surface area contributed by atoms with E-state index >= 15 is 0 Å². The van der Waals surface area contributed by atoms with Gasteiger partial charge in [0.15, 0.2) is 23.0 Å². The third kappa shape index (κ3) is 5.01. The van der Waals surface area contributed by atoms with E-state index in [2.05, 4.69) is 9.97 Å². The van der Waals surface area contributed by atoms with Crippen molar-refractivity contribution in [2.24, 2.45) is 0 Å². The number of aryl methyl sites for hydroxylation is 1. The van der Waals surface area contributed by atoms with Gasteiger partial charge in [0.2, 0.25) is 0 Å². The Balaban J connectivity index is 1.46. The number of rotatable bonds is 7. The van der Waals surface area contributed by atoms with E-state index in [1.165, 1.54) is 24.4 Å². The van der Waals surface area contributed by atoms with Gasteiger partial charge >= 0.3 is 0 Å². The second-order valence-electron chi connectivity index (χ2n) is 9.82. The molecular formula is C28H26ClF2N3O4. The van der Waals surface area contributed by atoms with Crippen molar-refractivity contribution in [2.75, 3.05) is 13.2 Å². The van der Waals surface area contributed by atoms with Crippen LogP contribution in [0.15, 0.2) is 54.9 Å². The Morgan fingerprint density at radius 2 is 1.82 bits per heavy atom. The zero-order chi connectivity index (χ0) is 27.1. The van der Waals surface area contributed by atoms with Crippen LogP contribution in [0.3, 0.4) is 0 Å². The predicted octanol–water partition coefficient (Wildman–Crippen LogP) is 5.84. The maximum atomic E-state index is 14.1. The average Bonchev–Trinajstić information content (AvgIpc) is 3.22. The number of carbonyl (C=O) groups is 1. The lowest BCUT2D eigenvalue weighted by Gasteiger charge is -2.42. The van der Waals surface area contributed by atoms with Crippen molar-refractivity contribution < 1.29 is 27.8 Å². The number of pyridine rings is 2. The topological polar surface area (TPSA) is 75.0 Å². The number of halogens is 3. The van der Waals surface area contributed by atoms with Crippen LogP contribution in [-0.4, -0.2) is 39.2 Å². The van der Waals surface area contributed by atoms with Crippen molar-refractivity contribution in [3.8, 4) is 5.75 Å². The van der Waals surface area contributed by atoms with Gasteiger partial charge in [0, 0.05) is 18.8 Å². The number of carbonyl (C=O) groups excluding carboxylic acids is 1. The van der Waals surface area contributed by atoms with Crippen molar-refractivity contribution >= 4 is 23.0 Å². The molecule has 0 atom stereocenters. The molecule has 0 spiro atoms. The number of Topliss-reactive ketones (excluding diaryl/α,β-unsaturated/α-hetero) is 1. The fourth-order valence-corrected chi connectivity index (χ4v) is 4.66. The summed E-state index contributed by atoms with van der Waals surface area (Å²) in [6.07, 6.45) is 3.27. The van der Waals surface area contributed by atoms with E-state index in [9.17, 15) is 13.6 Å². The molecule has 38 heavy (non-hydrogen) atoms. The summed E-state index contributed by atoms with van der Waals surface area (Å²) in [4.78, 5) is 22.9. The minimum atomic E-state index is -0.843. The number of hydrogen-bond donors (Lipinski definition) is 0. The second kappa shape index (κ2) is 10.1. The molecule has 0 bridgehead atoms. The van der Waals surface area contributed by atoms with Gasteiger partial charge in [-0.25, -0.2) is 13.8 Å². The molecule has 0 radical (unpaired) electrons. The lowest BCUT2D eigenvalue weighted by Crippen LogP contribution is -2.50. The number of ether oxygens (including phenoxy) is 3. The molecule has 1 aromatic carbocycles. The van der Waals surface area contributed by atoms with E-state index in [-0.39, 0.29) is 43.3 Å². The van der Waals surface area contributed by atoms with Crippen LogP contribution < -0.4 is 4.74 Å². The third-order valence-electron chi connectivity index (χ3n) is 6.65. The van der Waals surface area contributed by atoms with Gasteiger partial charge in [0.25, 0.3) is 0 Å². The summed E-state index contributed by atoms with van der Waals surface area (Å²) in [5, 5.41) is 0.480. The molecule has 0 amide bonds. The van der Waals surface area contributed by atoms with E-state index < -0.39 is 22.8 Å². The Labute approximate surface area is 223 Å². The second-order valence-corrected chi connectivity index (χ2v) is 10.3. The molecule has 0 aliphatic carbocycles. The highest BCUT2D eigenvalue weighted by Gasteiger charge is 2.44. The number of benzene rings is 1. The van der Waals surface area contributed by atoms with E-state index in [0.717, 1.165) is 0 Å². The van der Waals surface area contributed by atoms with Crippen LogP contribution in [0.25, 0.3) is 5.65 Å². The first-order valence-electron chi connectivity index (χ1n) is 12.1. The molecule has 0 saturated carbocycles. The monoisotopic (exact) mass is 541 g/mol. The summed E-state index contributed by atoms with van der Waals surface area (Å²) in [7, 11) is 0. The quantitative estimate of drug-likeness (QED) is 0.274. The van der Waals surface area contributed by atoms with Crippen molar-refractivity contribution in [3.63, 3.8) is 0 Å². The fourth-order valence-electron chi connectivity index (χ4n) is 4.55. The summed E-state index contributed by atoms with van der Waals surface area (Å²) in [6.45, 7) is 5.47. The molecule has 0 N–H and O–H groups in total. The van der Waals surface area contributed by atoms with Gasteiger partial charge in [-0.1, -0.05) is 17.7 Å². The highest BCUT2D eigenvalue weighted by molar-refractivity contribution is 6.30. The molecule has 1 fully saturated rings. The first-order valence-corrected chi connectivity index (χ1v) is 12.4. The summed E-state index contributed by atoms with van der Waals surface area (Å²) in [6, 6.07) is 10.4. The van der Waals surface area contributed by atoms with Crippen LogP contribution in [0.4, 0.5) is 8.78 Å². The number of aromatic nitrogens is 3. The number of hydrogen-bond acceptors (Lipinski definition) is 6. The number of ketones is 1. The van der Waals surface area contributed by atoms with Crippen LogP contribution in [0, 0.1) is 18.6 Å². The highest BCUT2D eigenvalue weighted by Crippen LogP contribution is 2.37. The number of nitrogens with zero attached hydrogens (tertiary/aromatic N) is 3. The summed E-state index contributed by atoms with van der Waals surface area (Å²) < 4.78 is 47.5. The van der Waals surface area contributed by atoms with Crippen LogP contribution >= 0.6 is 11.6 Å². The van der Waals surface area contributed by atoms with Gasteiger partial charge in [-0.3, -0.25) is 14.2 Å². The van der Waals surface area contributed by atoms with Gasteiger partial charge in [0.1, 0.15) is 23.9 Å². The maximum absolute atomic E-state index is 14.1. The van der Waals surface area contributed by atoms with Crippen LogP contribution in [-0.2, 0) is 21.5 Å². The van der Waals surface area contributed by atoms with Gasteiger partial charge < -0.3 is 14.2 Å². The van der Waals surface area contributed by atoms with Crippen molar-refractivity contribution in [1.82, 2.24) is 14.4 Å². The first-order chi connectivity index (χ1) is 18.1. The molecular weight excluding hydrogens is 516 g/mol. The Kier molecular flexibility index (Phi) is 6.94. The lowest BCUT2D eigenvalue weighted by atomic mass is 9.79. The molecule has 1 aliphatic heterocycles. The van der Waals surface area contributed by atoms with Gasteiger partial charge in [-0.15, -0.1) is 0 Å². The van der Waals surface area contributed by atoms with Gasteiger partial charge in [-0.05, 0) is 57.2 Å². The van der Waals surface area contributed by atoms with Crippen molar-refractivity contribution in [3.05, 3.63) is 94.2 Å². The fraction of sp³-hybridized carbons (Fsp3) is 0.321. The highest BCUT2D eigenvalue weighted by atomic mass is 35.5. The van der Waals surface area contributed by atoms with Gasteiger partial charge in [-0.2, -0.15) is 0 Å². The SMILES string of the molecule is Cc1nc2c(OCc3c(F)cccc3F)cccn2c1C(=O)CC1(c2ccc(Cl)cn2)COC(C)(C)OC1. The van der Waals surface area contributed by atoms with Crippen LogP contribution in [0.5, 0.6) is 5.75 Å². The van der Waals surface area contributed by atoms with E-state index in [0.29, 0.717) is 27.8 Å². The zero-order valence-corrected chi connectivity index (χ0v) is 21.9. The Hall–Kier alpha value is -3.40. The molecule has 4 heterocycles. The zero-order valence-electron chi connectivity index (χ0n) is 21.1. The van der Waals surface area contributed by atoms with E-state index in [1.54, 1.807) is 41.8 Å². The minimum Gasteiger partial charge on any atom is -0.485 e. The lowest BCUT2D eigenvalue weighted by molar-refractivity contribution is -0.269. The normalized spacial score (nSPS) is 16.5. The third-order valence-corrected chi connectivity index (χ3v) is 6.87. The summed E-state index contributed by atoms with van der Waals surface area (Å²) >= 11 is 6.05. The standard InChI is InChI=1S/C28H26ClF2N3O4/c1-17-25(22(35)12-28(15-37-27(2,3)38-16-28)24-10-9-18(29)13-32-24)34-11-5-8-23(26(34)33-17)36-14-19-20(30)6-4-7-21(19)31/h4-11,13H,12,14-16H2,1-3H3. The summed E-state index contributed by atoms with van der Waals surface area (Å²) in [5.41, 5.74) is 0.812. The Morgan fingerprint density at radius 3 is 2.47 bits per heavy atom. The number of imidazole rings is 1. The molecule has 5 rings (SSSR count). The predicted molar refractivity (Wildman–Crippen MR) is 136 cm³/mol. The smallest absolute Gasteiger partial charge is 0.182 e. The average molecular weight is 542 g/mol. The summed E-state index contributed by atoms with van der Waals surface area (Å²) in [5.74, 6) is -2.10. The van der Waals surface area contributed by atoms with Crippen LogP contribution in [0.2, 0.25) is 5.02 Å². The number of fused-ring (bicyclic) bond motifs is 1. The molecule has 4 aromatic rings. The molecule has 10 heteroatoms. The van der Waals surface area contributed by atoms with Crippen LogP contribution in [0.1, 0.15) is 47.7 Å². The van der Waals surface area contributed by atoms with Crippen molar-refractivity contribution in [2.45, 2.75) is 45.0 Å².